The molecule has 0 aliphatic carbocycles. The third kappa shape index (κ3) is 5.12. The van der Waals surface area contributed by atoms with Gasteiger partial charge in [-0.2, -0.15) is 5.10 Å². The molecule has 0 aliphatic rings. The predicted molar refractivity (Wildman–Crippen MR) is 119 cm³/mol. The number of hydrogen-bond donors (Lipinski definition) is 2. The minimum absolute atomic E-state index is 0.00215. The molecule has 0 saturated heterocycles. The predicted octanol–water partition coefficient (Wildman–Crippen LogP) is 5.30. The van der Waals surface area contributed by atoms with Gasteiger partial charge in [-0.3, -0.25) is 0 Å². The minimum Gasteiger partial charge on any atom is -0.439 e. The van der Waals surface area contributed by atoms with Crippen molar-refractivity contribution in [2.45, 2.75) is 20.8 Å². The number of aromatic nitrogens is 4. The summed E-state index contributed by atoms with van der Waals surface area (Å²) in [4.78, 5) is 20.5. The van der Waals surface area contributed by atoms with Crippen molar-refractivity contribution >= 4 is 17.4 Å². The number of nitrogens with zero attached hydrogens (tertiary/aromatic N) is 4. The van der Waals surface area contributed by atoms with Crippen molar-refractivity contribution in [1.29, 1.82) is 0 Å². The summed E-state index contributed by atoms with van der Waals surface area (Å²) in [6, 6.07) is 10.3. The maximum Gasteiger partial charge on any atom is 0.323 e. The molecule has 0 unspecified atom stereocenters. The molecule has 0 bridgehead atoms. The fourth-order valence-corrected chi connectivity index (χ4v) is 3.09. The van der Waals surface area contributed by atoms with Crippen LogP contribution in [0.3, 0.4) is 0 Å². The molecule has 4 rings (SSSR count). The molecule has 4 aromatic rings. The Balaban J connectivity index is 1.41. The highest BCUT2D eigenvalue weighted by atomic mass is 19.1. The third-order valence-corrected chi connectivity index (χ3v) is 4.95. The Morgan fingerprint density at radius 2 is 1.58 bits per heavy atom. The van der Waals surface area contributed by atoms with E-state index in [2.05, 4.69) is 25.7 Å². The quantitative estimate of drug-likeness (QED) is 0.430. The largest absolute Gasteiger partial charge is 0.439 e. The molecule has 8 nitrogen and oxygen atoms in total. The van der Waals surface area contributed by atoms with Crippen LogP contribution >= 0.6 is 0 Å². The van der Waals surface area contributed by atoms with Crippen molar-refractivity contribution < 1.29 is 18.3 Å². The first-order valence-electron chi connectivity index (χ1n) is 9.96. The van der Waals surface area contributed by atoms with Crippen LogP contribution in [-0.2, 0) is 0 Å². The average molecular weight is 450 g/mol. The van der Waals surface area contributed by atoms with E-state index >= 15 is 0 Å². The molecule has 2 aromatic carbocycles. The van der Waals surface area contributed by atoms with Crippen LogP contribution in [-0.4, -0.2) is 25.8 Å². The Hall–Kier alpha value is -4.34. The lowest BCUT2D eigenvalue weighted by Crippen LogP contribution is -2.19. The molecule has 2 aromatic heterocycles. The van der Waals surface area contributed by atoms with Crippen molar-refractivity contribution in [3.63, 3.8) is 0 Å². The summed E-state index contributed by atoms with van der Waals surface area (Å²) in [5.41, 5.74) is 3.45. The molecular weight excluding hydrogens is 430 g/mol. The fourth-order valence-electron chi connectivity index (χ4n) is 3.09. The number of anilines is 2. The molecule has 10 heteroatoms. The van der Waals surface area contributed by atoms with Gasteiger partial charge in [-0.05, 0) is 62.7 Å². The summed E-state index contributed by atoms with van der Waals surface area (Å²) < 4.78 is 34.0. The van der Waals surface area contributed by atoms with E-state index in [-0.39, 0.29) is 5.69 Å². The van der Waals surface area contributed by atoms with Crippen molar-refractivity contribution in [2.75, 3.05) is 10.6 Å². The van der Waals surface area contributed by atoms with Crippen molar-refractivity contribution in [3.8, 4) is 17.4 Å². The highest BCUT2D eigenvalue weighted by Gasteiger charge is 2.12. The minimum atomic E-state index is -0.785. The first kappa shape index (κ1) is 21.9. The van der Waals surface area contributed by atoms with Crippen LogP contribution in [0.2, 0.25) is 0 Å². The van der Waals surface area contributed by atoms with Gasteiger partial charge in [0.1, 0.15) is 23.7 Å². The molecule has 0 saturated carbocycles. The molecule has 33 heavy (non-hydrogen) atoms. The van der Waals surface area contributed by atoms with E-state index in [0.29, 0.717) is 23.1 Å². The topological polar surface area (TPSA) is 94.0 Å². The number of aryl methyl sites for hydroxylation is 1. The second-order valence-corrected chi connectivity index (χ2v) is 7.29. The molecule has 0 fully saturated rings. The Labute approximate surface area is 188 Å². The zero-order chi connectivity index (χ0) is 23.5. The van der Waals surface area contributed by atoms with Gasteiger partial charge in [0.15, 0.2) is 5.82 Å². The molecule has 168 valence electrons. The van der Waals surface area contributed by atoms with Crippen LogP contribution in [0, 0.1) is 32.4 Å². The van der Waals surface area contributed by atoms with Gasteiger partial charge in [0.05, 0.1) is 5.69 Å². The smallest absolute Gasteiger partial charge is 0.323 e. The number of halogens is 2. The lowest BCUT2D eigenvalue weighted by atomic mass is 10.2. The molecule has 2 heterocycles. The number of rotatable bonds is 5. The first-order chi connectivity index (χ1) is 15.8. The van der Waals surface area contributed by atoms with Crippen LogP contribution < -0.4 is 15.4 Å². The van der Waals surface area contributed by atoms with E-state index in [1.54, 1.807) is 35.0 Å². The Bertz CT molecular complexity index is 1300. The van der Waals surface area contributed by atoms with E-state index in [1.807, 2.05) is 20.8 Å². The number of carbonyl (C=O) groups is 1. The second kappa shape index (κ2) is 9.03. The normalized spacial score (nSPS) is 10.7. The first-order valence-corrected chi connectivity index (χ1v) is 9.96. The van der Waals surface area contributed by atoms with E-state index in [1.165, 1.54) is 6.33 Å². The molecular formula is C23H20F2N6O2. The number of carbonyl (C=O) groups excluding carboxylic acids is 1. The average Bonchev–Trinajstić information content (AvgIpc) is 3.02. The molecule has 0 atom stereocenters. The van der Waals surface area contributed by atoms with Crippen LogP contribution in [0.4, 0.5) is 25.0 Å². The van der Waals surface area contributed by atoms with Crippen molar-refractivity contribution in [1.82, 2.24) is 19.7 Å². The van der Waals surface area contributed by atoms with Gasteiger partial charge in [0.25, 0.3) is 0 Å². The van der Waals surface area contributed by atoms with Gasteiger partial charge in [-0.25, -0.2) is 28.2 Å². The Kier molecular flexibility index (Phi) is 5.99. The zero-order valence-corrected chi connectivity index (χ0v) is 18.1. The van der Waals surface area contributed by atoms with E-state index in [9.17, 15) is 13.6 Å². The van der Waals surface area contributed by atoms with Crippen molar-refractivity contribution in [2.24, 2.45) is 0 Å². The highest BCUT2D eigenvalue weighted by Crippen LogP contribution is 2.24. The summed E-state index contributed by atoms with van der Waals surface area (Å²) in [6.45, 7) is 5.90. The van der Waals surface area contributed by atoms with Gasteiger partial charge in [0, 0.05) is 29.2 Å². The lowest BCUT2D eigenvalue weighted by Gasteiger charge is -2.10. The monoisotopic (exact) mass is 450 g/mol. The summed E-state index contributed by atoms with van der Waals surface area (Å²) >= 11 is 0. The number of hydrogen-bond acceptors (Lipinski definition) is 5. The maximum atomic E-state index is 13.2. The molecule has 0 radical (unpaired) electrons. The van der Waals surface area contributed by atoms with E-state index in [4.69, 9.17) is 4.74 Å². The van der Waals surface area contributed by atoms with E-state index in [0.717, 1.165) is 35.2 Å². The van der Waals surface area contributed by atoms with Gasteiger partial charge in [0.2, 0.25) is 5.88 Å². The fraction of sp³-hybridized carbons (Fsp3) is 0.130. The second-order valence-electron chi connectivity index (χ2n) is 7.29. The molecule has 0 spiro atoms. The highest BCUT2D eigenvalue weighted by molar-refractivity contribution is 5.99. The maximum absolute atomic E-state index is 13.2. The van der Waals surface area contributed by atoms with Gasteiger partial charge >= 0.3 is 6.03 Å². The number of amides is 2. The molecule has 2 amide bonds. The Morgan fingerprint density at radius 3 is 2.21 bits per heavy atom. The molecule has 0 aliphatic heterocycles. The summed E-state index contributed by atoms with van der Waals surface area (Å²) in [5, 5.41) is 9.44. The number of ether oxygens (including phenoxy) is 1. The standard InChI is InChI=1S/C23H20F2N6O2/c1-13-14(2)30-31(15(13)3)21-11-22(27-12-26-21)33-20-6-4-18(5-7-20)28-23(32)29-19-9-16(24)8-17(25)10-19/h4-12H,1-3H3,(H2,28,29,32). The zero-order valence-electron chi connectivity index (χ0n) is 18.1. The van der Waals surface area contributed by atoms with Gasteiger partial charge in [-0.15, -0.1) is 0 Å². The summed E-state index contributed by atoms with van der Waals surface area (Å²) in [5.74, 6) is -0.170. The number of urea groups is 1. The summed E-state index contributed by atoms with van der Waals surface area (Å²) in [7, 11) is 0. The number of benzene rings is 2. The van der Waals surface area contributed by atoms with Crippen LogP contribution in [0.1, 0.15) is 17.0 Å². The summed E-state index contributed by atoms with van der Waals surface area (Å²) in [6.07, 6.45) is 1.39. The van der Waals surface area contributed by atoms with Crippen LogP contribution in [0.25, 0.3) is 5.82 Å². The number of nitrogens with one attached hydrogen (secondary N) is 2. The van der Waals surface area contributed by atoms with Crippen LogP contribution in [0.15, 0.2) is 54.9 Å². The van der Waals surface area contributed by atoms with Gasteiger partial charge < -0.3 is 15.4 Å². The van der Waals surface area contributed by atoms with Crippen molar-refractivity contribution in [3.05, 3.63) is 83.4 Å². The Morgan fingerprint density at radius 1 is 0.909 bits per heavy atom. The SMILES string of the molecule is Cc1nn(-c2cc(Oc3ccc(NC(=O)Nc4cc(F)cc(F)c4)cc3)ncn2)c(C)c1C. The third-order valence-electron chi connectivity index (χ3n) is 4.95. The van der Waals surface area contributed by atoms with E-state index < -0.39 is 17.7 Å². The van der Waals surface area contributed by atoms with Gasteiger partial charge in [-0.1, -0.05) is 0 Å². The lowest BCUT2D eigenvalue weighted by molar-refractivity contribution is 0.262. The van der Waals surface area contributed by atoms with Crippen LogP contribution in [0.5, 0.6) is 11.6 Å². The molecule has 2 N–H and O–H groups in total.